The number of amides is 2. The Morgan fingerprint density at radius 3 is 2.74 bits per heavy atom. The SMILES string of the molecule is O=C(NCCC(F)(F)F)N1CCC[C@H]1[C@@H]1CCCO1. The van der Waals surface area contributed by atoms with Crippen molar-refractivity contribution in [1.82, 2.24) is 10.2 Å². The average Bonchev–Trinajstić information content (AvgIpc) is 2.97. The minimum atomic E-state index is -4.23. The van der Waals surface area contributed by atoms with E-state index >= 15 is 0 Å². The lowest BCUT2D eigenvalue weighted by molar-refractivity contribution is -0.133. The molecule has 0 bridgehead atoms. The number of nitrogens with one attached hydrogen (secondary N) is 1. The molecular formula is C12H19F3N2O2. The smallest absolute Gasteiger partial charge is 0.376 e. The van der Waals surface area contributed by atoms with Crippen molar-refractivity contribution >= 4 is 6.03 Å². The van der Waals surface area contributed by atoms with E-state index in [-0.39, 0.29) is 18.7 Å². The lowest BCUT2D eigenvalue weighted by Crippen LogP contribution is -2.47. The van der Waals surface area contributed by atoms with Crippen LogP contribution in [0.15, 0.2) is 0 Å². The Bertz CT molecular complexity index is 317. The van der Waals surface area contributed by atoms with E-state index in [0.717, 1.165) is 25.7 Å². The molecule has 0 unspecified atom stereocenters. The summed E-state index contributed by atoms with van der Waals surface area (Å²) in [4.78, 5) is 13.5. The van der Waals surface area contributed by atoms with Crippen LogP contribution in [0.5, 0.6) is 0 Å². The summed E-state index contributed by atoms with van der Waals surface area (Å²) in [5.41, 5.74) is 0. The molecule has 0 aromatic carbocycles. The highest BCUT2D eigenvalue weighted by molar-refractivity contribution is 5.74. The molecule has 0 spiro atoms. The van der Waals surface area contributed by atoms with E-state index in [2.05, 4.69) is 5.32 Å². The second-order valence-corrected chi connectivity index (χ2v) is 5.05. The van der Waals surface area contributed by atoms with Gasteiger partial charge in [-0.1, -0.05) is 0 Å². The summed E-state index contributed by atoms with van der Waals surface area (Å²) in [6.07, 6.45) is -1.49. The maximum Gasteiger partial charge on any atom is 0.390 e. The van der Waals surface area contributed by atoms with Crippen molar-refractivity contribution in [2.45, 2.75) is 50.4 Å². The number of ether oxygens (including phenoxy) is 1. The summed E-state index contributed by atoms with van der Waals surface area (Å²) in [6, 6.07) is -0.379. The number of likely N-dealkylation sites (tertiary alicyclic amines) is 1. The molecular weight excluding hydrogens is 261 g/mol. The number of nitrogens with zero attached hydrogens (tertiary/aromatic N) is 1. The number of hydrogen-bond acceptors (Lipinski definition) is 2. The minimum absolute atomic E-state index is 0.0217. The summed E-state index contributed by atoms with van der Waals surface area (Å²) in [5.74, 6) is 0. The van der Waals surface area contributed by atoms with Gasteiger partial charge in [0.2, 0.25) is 0 Å². The minimum Gasteiger partial charge on any atom is -0.376 e. The normalized spacial score (nSPS) is 27.8. The molecule has 2 aliphatic heterocycles. The Labute approximate surface area is 110 Å². The molecule has 2 fully saturated rings. The maximum atomic E-state index is 12.0. The molecule has 0 saturated carbocycles. The van der Waals surface area contributed by atoms with Gasteiger partial charge in [-0.2, -0.15) is 13.2 Å². The lowest BCUT2D eigenvalue weighted by Gasteiger charge is -2.29. The molecule has 19 heavy (non-hydrogen) atoms. The quantitative estimate of drug-likeness (QED) is 0.862. The van der Waals surface area contributed by atoms with Crippen LogP contribution in [0, 0.1) is 0 Å². The fourth-order valence-electron chi connectivity index (χ4n) is 2.75. The van der Waals surface area contributed by atoms with Crippen LogP contribution in [-0.4, -0.2) is 48.9 Å². The highest BCUT2D eigenvalue weighted by Gasteiger charge is 2.37. The summed E-state index contributed by atoms with van der Waals surface area (Å²) in [7, 11) is 0. The lowest BCUT2D eigenvalue weighted by atomic mass is 10.1. The van der Waals surface area contributed by atoms with Crippen LogP contribution in [0.1, 0.15) is 32.1 Å². The predicted molar refractivity (Wildman–Crippen MR) is 62.8 cm³/mol. The second kappa shape index (κ2) is 5.98. The van der Waals surface area contributed by atoms with Gasteiger partial charge in [0.15, 0.2) is 0 Å². The van der Waals surface area contributed by atoms with Gasteiger partial charge in [0.25, 0.3) is 0 Å². The summed E-state index contributed by atoms with van der Waals surface area (Å²) in [5, 5.41) is 2.35. The molecule has 4 nitrogen and oxygen atoms in total. The third kappa shape index (κ3) is 3.99. The Kier molecular flexibility index (Phi) is 4.54. The molecule has 0 aromatic heterocycles. The number of alkyl halides is 3. The van der Waals surface area contributed by atoms with Gasteiger partial charge in [0.1, 0.15) is 0 Å². The van der Waals surface area contributed by atoms with Crippen molar-refractivity contribution in [3.63, 3.8) is 0 Å². The van der Waals surface area contributed by atoms with Crippen LogP contribution in [0.3, 0.4) is 0 Å². The first-order valence-corrected chi connectivity index (χ1v) is 6.70. The van der Waals surface area contributed by atoms with E-state index in [1.54, 1.807) is 4.90 Å². The van der Waals surface area contributed by atoms with Crippen LogP contribution < -0.4 is 5.32 Å². The van der Waals surface area contributed by atoms with Gasteiger partial charge < -0.3 is 15.0 Å². The average molecular weight is 280 g/mol. The van der Waals surface area contributed by atoms with Crippen molar-refractivity contribution in [2.75, 3.05) is 19.7 Å². The van der Waals surface area contributed by atoms with E-state index in [4.69, 9.17) is 4.74 Å². The van der Waals surface area contributed by atoms with Gasteiger partial charge in [0, 0.05) is 19.7 Å². The predicted octanol–water partition coefficient (Wildman–Crippen LogP) is 2.29. The molecule has 2 aliphatic rings. The molecule has 2 heterocycles. The largest absolute Gasteiger partial charge is 0.390 e. The molecule has 110 valence electrons. The van der Waals surface area contributed by atoms with Crippen LogP contribution in [0.2, 0.25) is 0 Å². The van der Waals surface area contributed by atoms with E-state index in [1.165, 1.54) is 0 Å². The number of rotatable bonds is 3. The van der Waals surface area contributed by atoms with Crippen molar-refractivity contribution in [3.8, 4) is 0 Å². The van der Waals surface area contributed by atoms with Crippen molar-refractivity contribution in [2.24, 2.45) is 0 Å². The van der Waals surface area contributed by atoms with Gasteiger partial charge in [0.05, 0.1) is 18.6 Å². The van der Waals surface area contributed by atoms with Crippen LogP contribution in [0.4, 0.5) is 18.0 Å². The summed E-state index contributed by atoms with van der Waals surface area (Å²) < 4.78 is 41.6. The van der Waals surface area contributed by atoms with Crippen LogP contribution in [-0.2, 0) is 4.74 Å². The molecule has 0 aliphatic carbocycles. The van der Waals surface area contributed by atoms with E-state index in [1.807, 2.05) is 0 Å². The standard InChI is InChI=1S/C12H19F3N2O2/c13-12(14,15)5-6-16-11(18)17-7-1-3-9(17)10-4-2-8-19-10/h9-10H,1-8H2,(H,16,18)/t9-,10-/m0/s1. The molecule has 0 aromatic rings. The van der Waals surface area contributed by atoms with Gasteiger partial charge in [-0.15, -0.1) is 0 Å². The second-order valence-electron chi connectivity index (χ2n) is 5.05. The molecule has 7 heteroatoms. The molecule has 1 N–H and O–H groups in total. The monoisotopic (exact) mass is 280 g/mol. The van der Waals surface area contributed by atoms with Gasteiger partial charge >= 0.3 is 12.2 Å². The van der Waals surface area contributed by atoms with Gasteiger partial charge in [-0.05, 0) is 25.7 Å². The molecule has 2 saturated heterocycles. The number of halogens is 3. The summed E-state index contributed by atoms with van der Waals surface area (Å²) >= 11 is 0. The van der Waals surface area contributed by atoms with E-state index < -0.39 is 18.6 Å². The fourth-order valence-corrected chi connectivity index (χ4v) is 2.75. The first-order chi connectivity index (χ1) is 8.97. The van der Waals surface area contributed by atoms with Gasteiger partial charge in [-0.3, -0.25) is 0 Å². The third-order valence-electron chi connectivity index (χ3n) is 3.64. The Balaban J connectivity index is 1.80. The number of carbonyl (C=O) groups is 1. The first kappa shape index (κ1) is 14.4. The Hall–Kier alpha value is -0.980. The van der Waals surface area contributed by atoms with E-state index in [9.17, 15) is 18.0 Å². The van der Waals surface area contributed by atoms with E-state index in [0.29, 0.717) is 13.2 Å². The zero-order chi connectivity index (χ0) is 13.9. The van der Waals surface area contributed by atoms with Crippen LogP contribution >= 0.6 is 0 Å². The van der Waals surface area contributed by atoms with Crippen molar-refractivity contribution in [1.29, 1.82) is 0 Å². The number of hydrogen-bond donors (Lipinski definition) is 1. The number of urea groups is 1. The Morgan fingerprint density at radius 2 is 2.11 bits per heavy atom. The first-order valence-electron chi connectivity index (χ1n) is 6.70. The topological polar surface area (TPSA) is 41.6 Å². The third-order valence-corrected chi connectivity index (χ3v) is 3.64. The molecule has 0 radical (unpaired) electrons. The van der Waals surface area contributed by atoms with Crippen molar-refractivity contribution in [3.05, 3.63) is 0 Å². The van der Waals surface area contributed by atoms with Gasteiger partial charge in [-0.25, -0.2) is 4.79 Å². The fraction of sp³-hybridized carbons (Fsp3) is 0.917. The van der Waals surface area contributed by atoms with Crippen molar-refractivity contribution < 1.29 is 22.7 Å². The highest BCUT2D eigenvalue weighted by atomic mass is 19.4. The zero-order valence-corrected chi connectivity index (χ0v) is 10.7. The zero-order valence-electron chi connectivity index (χ0n) is 10.7. The maximum absolute atomic E-state index is 12.0. The Morgan fingerprint density at radius 1 is 1.32 bits per heavy atom. The molecule has 2 amide bonds. The molecule has 2 rings (SSSR count). The van der Waals surface area contributed by atoms with Crippen LogP contribution in [0.25, 0.3) is 0 Å². The highest BCUT2D eigenvalue weighted by Crippen LogP contribution is 2.27. The number of carbonyl (C=O) groups excluding carboxylic acids is 1. The summed E-state index contributed by atoms with van der Waals surface area (Å²) in [6.45, 7) is 0.949. The molecule has 2 atom stereocenters.